The Bertz CT molecular complexity index is 1160. The van der Waals surface area contributed by atoms with Crippen LogP contribution in [0.15, 0.2) is 42.5 Å². The Kier molecular flexibility index (Phi) is 12.0. The zero-order valence-electron chi connectivity index (χ0n) is 31.1. The van der Waals surface area contributed by atoms with Crippen molar-refractivity contribution in [3.8, 4) is 0 Å². The van der Waals surface area contributed by atoms with E-state index in [2.05, 4.69) is 178 Å². The molecule has 0 N–H and O–H groups in total. The molecular weight excluding hydrogens is 762 g/mol. The van der Waals surface area contributed by atoms with E-state index < -0.39 is 65.9 Å². The summed E-state index contributed by atoms with van der Waals surface area (Å²) in [6.45, 7) is 48.3. The van der Waals surface area contributed by atoms with Crippen molar-refractivity contribution in [2.75, 3.05) is 0 Å². The van der Waals surface area contributed by atoms with Gasteiger partial charge in [-0.05, 0) is 0 Å². The Balaban J connectivity index is 2.50. The SMILES string of the molecule is C[Si](C)(C)C(c1cc(C([Si](C)(C)C)[Si](C)(C)C)c(B2[S][Sb]([c]3ccccc3)[S]2)c(C([Si](C)(C)C)[Si](C)(C)C)c1)[Si](C)(C)C. The number of hydrogen-bond acceptors (Lipinski definition) is 2. The van der Waals surface area contributed by atoms with Crippen molar-refractivity contribution < 1.29 is 0 Å². The van der Waals surface area contributed by atoms with Gasteiger partial charge in [0.15, 0.2) is 0 Å². The van der Waals surface area contributed by atoms with E-state index in [1.807, 2.05) is 16.6 Å². The number of hydrogen-bond donors (Lipinski definition) is 0. The van der Waals surface area contributed by atoms with Crippen LogP contribution in [-0.2, 0) is 0 Å². The molecule has 1 saturated heterocycles. The first-order valence-electron chi connectivity index (χ1n) is 16.5. The Hall–Kier alpha value is 1.32. The molecule has 0 radical (unpaired) electrons. The summed E-state index contributed by atoms with van der Waals surface area (Å²) in [6, 6.07) is 17.4. The average molecular weight is 826 g/mol. The van der Waals surface area contributed by atoms with Crippen LogP contribution in [0.5, 0.6) is 0 Å². The normalized spacial score (nSPS) is 16.4. The first kappa shape index (κ1) is 38.8. The maximum absolute atomic E-state index is 2.90. The van der Waals surface area contributed by atoms with Gasteiger partial charge in [-0.3, -0.25) is 0 Å². The van der Waals surface area contributed by atoms with Gasteiger partial charge in [0.2, 0.25) is 0 Å². The van der Waals surface area contributed by atoms with Crippen molar-refractivity contribution in [3.05, 3.63) is 59.2 Å². The molecule has 10 heteroatoms. The standard InChI is InChI=1S/C27H59BS2Si6.C6H5.Sb/c1-31(2,3)25(32(4,5)6)21-19-22(26(33(7,8)9)34(10,11)12)24(28(29)30)23(20-21)27(35(13,14)15)36(16,17)18;1-2-4-6-5-3-1;/h19-20,25-27H,1-18H3;1-5H;/q-2;;+2. The fourth-order valence-electron chi connectivity index (χ4n) is 9.36. The van der Waals surface area contributed by atoms with Crippen LogP contribution in [-0.4, -0.2) is 71.1 Å². The van der Waals surface area contributed by atoms with E-state index in [1.54, 1.807) is 9.07 Å². The molecule has 1 aliphatic heterocycles. The van der Waals surface area contributed by atoms with Crippen LogP contribution in [0.25, 0.3) is 0 Å². The minimum atomic E-state index is -1.57. The number of benzene rings is 2. The van der Waals surface area contributed by atoms with Crippen molar-refractivity contribution in [3.63, 3.8) is 0 Å². The molecule has 3 rings (SSSR count). The van der Waals surface area contributed by atoms with E-state index in [9.17, 15) is 0 Å². The van der Waals surface area contributed by atoms with E-state index in [0.29, 0.717) is 5.27 Å². The second kappa shape index (κ2) is 13.3. The van der Waals surface area contributed by atoms with Crippen LogP contribution in [0.1, 0.15) is 32.2 Å². The van der Waals surface area contributed by atoms with Crippen molar-refractivity contribution in [2.45, 2.75) is 133 Å². The van der Waals surface area contributed by atoms with E-state index in [4.69, 9.17) is 0 Å². The van der Waals surface area contributed by atoms with Crippen LogP contribution in [0.2, 0.25) is 118 Å². The van der Waals surface area contributed by atoms with Gasteiger partial charge in [-0.25, -0.2) is 0 Å². The predicted molar refractivity (Wildman–Crippen MR) is 227 cm³/mol. The monoisotopic (exact) mass is 824 g/mol. The molecule has 240 valence electrons. The molecular formula is C33H64BS2SbSi6. The Labute approximate surface area is 287 Å². The summed E-state index contributed by atoms with van der Waals surface area (Å²) < 4.78 is 1.67. The van der Waals surface area contributed by atoms with E-state index >= 15 is 0 Å². The topological polar surface area (TPSA) is 0 Å². The molecule has 0 unspecified atom stereocenters. The molecule has 0 saturated carbocycles. The Morgan fingerprint density at radius 3 is 1.12 bits per heavy atom. The number of rotatable bonds is 11. The molecule has 2 aromatic carbocycles. The predicted octanol–water partition coefficient (Wildman–Crippen LogP) is 10.8. The van der Waals surface area contributed by atoms with Gasteiger partial charge in [0, 0.05) is 0 Å². The molecule has 1 fully saturated rings. The van der Waals surface area contributed by atoms with Crippen molar-refractivity contribution in [2.24, 2.45) is 0 Å². The summed E-state index contributed by atoms with van der Waals surface area (Å²) in [5, 5.41) is 2.98. The minimum absolute atomic E-state index is 0.630. The zero-order chi connectivity index (χ0) is 33.1. The van der Waals surface area contributed by atoms with Crippen molar-refractivity contribution in [1.29, 1.82) is 0 Å². The molecule has 2 aromatic rings. The van der Waals surface area contributed by atoms with Gasteiger partial charge in [-0.2, -0.15) is 0 Å². The van der Waals surface area contributed by atoms with Crippen LogP contribution in [0.4, 0.5) is 0 Å². The first-order valence-corrected chi connectivity index (χ1v) is 47.2. The molecule has 1 aliphatic rings. The second-order valence-corrected chi connectivity index (χ2v) is 68.0. The molecule has 0 amide bonds. The third kappa shape index (κ3) is 9.27. The van der Waals surface area contributed by atoms with Gasteiger partial charge >= 0.3 is 290 Å². The third-order valence-electron chi connectivity index (χ3n) is 9.00. The van der Waals surface area contributed by atoms with E-state index in [1.165, 1.54) is 0 Å². The molecule has 0 bridgehead atoms. The second-order valence-electron chi connectivity index (χ2n) is 19.7. The van der Waals surface area contributed by atoms with Crippen LogP contribution >= 0.6 is 17.4 Å². The van der Waals surface area contributed by atoms with Crippen molar-refractivity contribution >= 4 is 97.5 Å². The van der Waals surface area contributed by atoms with Gasteiger partial charge in [0.1, 0.15) is 0 Å². The molecule has 0 spiro atoms. The molecule has 0 aromatic heterocycles. The fourth-order valence-corrected chi connectivity index (χ4v) is 63.9. The zero-order valence-corrected chi connectivity index (χ0v) is 41.3. The van der Waals surface area contributed by atoms with Gasteiger partial charge in [-0.15, -0.1) is 0 Å². The van der Waals surface area contributed by atoms with Gasteiger partial charge in [0.05, 0.1) is 0 Å². The summed E-state index contributed by atoms with van der Waals surface area (Å²) in [4.78, 5) is 0. The fraction of sp³-hybridized carbons (Fsp3) is 0.636. The molecule has 0 atom stereocenters. The van der Waals surface area contributed by atoms with Gasteiger partial charge in [-0.1, -0.05) is 0 Å². The summed E-state index contributed by atoms with van der Waals surface area (Å²) in [5.41, 5.74) is 7.33. The molecule has 43 heavy (non-hydrogen) atoms. The van der Waals surface area contributed by atoms with Gasteiger partial charge in [0.25, 0.3) is 0 Å². The Morgan fingerprint density at radius 2 is 0.814 bits per heavy atom. The summed E-state index contributed by atoms with van der Waals surface area (Å²) in [7, 11) is -4.05. The summed E-state index contributed by atoms with van der Waals surface area (Å²) in [5.74, 6) is 0. The Morgan fingerprint density at radius 1 is 0.488 bits per heavy atom. The molecule has 0 nitrogen and oxygen atoms in total. The van der Waals surface area contributed by atoms with E-state index in [0.717, 1.165) is 15.5 Å². The summed E-state index contributed by atoms with van der Waals surface area (Å²) in [6.07, 6.45) is 0. The van der Waals surface area contributed by atoms with Gasteiger partial charge < -0.3 is 0 Å². The molecule has 0 aliphatic carbocycles. The average Bonchev–Trinajstić information content (AvgIpc) is 2.69. The quantitative estimate of drug-likeness (QED) is 0.207. The summed E-state index contributed by atoms with van der Waals surface area (Å²) >= 11 is -1.57. The van der Waals surface area contributed by atoms with E-state index in [-0.39, 0.29) is 0 Å². The third-order valence-corrected chi connectivity index (χ3v) is 56.5. The van der Waals surface area contributed by atoms with Crippen LogP contribution in [0, 0.1) is 0 Å². The maximum atomic E-state index is 2.90. The van der Waals surface area contributed by atoms with Crippen molar-refractivity contribution in [1.82, 2.24) is 0 Å². The van der Waals surface area contributed by atoms with Crippen LogP contribution in [0.3, 0.4) is 0 Å². The first-order chi connectivity index (χ1) is 19.1. The molecule has 1 heterocycles. The van der Waals surface area contributed by atoms with Crippen LogP contribution < -0.4 is 8.97 Å².